The minimum Gasteiger partial charge on any atom is -0.0623 e. The van der Waals surface area contributed by atoms with E-state index < -0.39 is 0 Å². The van der Waals surface area contributed by atoms with E-state index in [1.54, 1.807) is 0 Å². The molecule has 0 amide bonds. The zero-order valence-corrected chi connectivity index (χ0v) is 9.57. The molecule has 0 radical (unpaired) electrons. The molecule has 1 fully saturated rings. The fraction of sp³-hybridized carbons (Fsp3) is 1.00. The molecule has 1 aliphatic rings. The number of rotatable bonds is 0. The lowest BCUT2D eigenvalue weighted by Crippen LogP contribution is -2.26. The first-order valence-corrected chi connectivity index (χ1v) is 5.26. The second-order valence-electron chi connectivity index (χ2n) is 6.17. The molecule has 70 valence electrons. The Kier molecular flexibility index (Phi) is 2.35. The van der Waals surface area contributed by atoms with Crippen LogP contribution in [0.3, 0.4) is 0 Å². The van der Waals surface area contributed by atoms with E-state index in [0.717, 1.165) is 11.8 Å². The SMILES string of the molecule is BC1(C(C)(C)C)CC(C)C(C)C1. The van der Waals surface area contributed by atoms with Crippen molar-refractivity contribution in [2.45, 2.75) is 52.8 Å². The fourth-order valence-electron chi connectivity index (χ4n) is 2.52. The number of hydrogen-bond acceptors (Lipinski definition) is 0. The zero-order valence-electron chi connectivity index (χ0n) is 9.57. The minimum absolute atomic E-state index is 0.478. The summed E-state index contributed by atoms with van der Waals surface area (Å²) in [6, 6.07) is 0. The monoisotopic (exact) mass is 166 g/mol. The Bertz CT molecular complexity index is 156. The topological polar surface area (TPSA) is 0 Å². The molecule has 0 aromatic heterocycles. The maximum atomic E-state index is 2.47. The molecular formula is C11H23B. The standard InChI is InChI=1S/C11H23B/c1-8-6-11(12,7-9(8)2)10(3,4)5/h8-9H,6-7,12H2,1-5H3. The summed E-state index contributed by atoms with van der Waals surface area (Å²) in [5.74, 6) is 1.85. The predicted molar refractivity (Wildman–Crippen MR) is 58.3 cm³/mol. The summed E-state index contributed by atoms with van der Waals surface area (Å²) in [5, 5.41) is 0.575. The highest BCUT2D eigenvalue weighted by atomic mass is 14.5. The van der Waals surface area contributed by atoms with Crippen LogP contribution in [-0.4, -0.2) is 7.85 Å². The van der Waals surface area contributed by atoms with Gasteiger partial charge in [-0.2, -0.15) is 0 Å². The van der Waals surface area contributed by atoms with Gasteiger partial charge in [-0.3, -0.25) is 0 Å². The van der Waals surface area contributed by atoms with Crippen molar-refractivity contribution < 1.29 is 0 Å². The normalized spacial score (nSPS) is 43.4. The molecule has 2 atom stereocenters. The first-order valence-electron chi connectivity index (χ1n) is 5.26. The van der Waals surface area contributed by atoms with Gasteiger partial charge >= 0.3 is 0 Å². The average Bonchev–Trinajstić information content (AvgIpc) is 2.06. The van der Waals surface area contributed by atoms with Crippen LogP contribution < -0.4 is 0 Å². The van der Waals surface area contributed by atoms with Crippen LogP contribution in [0.1, 0.15) is 47.5 Å². The molecule has 0 aromatic rings. The van der Waals surface area contributed by atoms with E-state index >= 15 is 0 Å². The van der Waals surface area contributed by atoms with Crippen LogP contribution in [0.4, 0.5) is 0 Å². The third kappa shape index (κ3) is 1.55. The Balaban J connectivity index is 2.77. The maximum Gasteiger partial charge on any atom is 0.110 e. The first-order chi connectivity index (χ1) is 5.26. The Morgan fingerprint density at radius 2 is 1.42 bits per heavy atom. The summed E-state index contributed by atoms with van der Waals surface area (Å²) >= 11 is 0. The summed E-state index contributed by atoms with van der Waals surface area (Å²) in [4.78, 5) is 0. The number of hydrogen-bond donors (Lipinski definition) is 0. The molecule has 0 heterocycles. The third-order valence-electron chi connectivity index (χ3n) is 4.33. The van der Waals surface area contributed by atoms with Crippen molar-refractivity contribution in [3.8, 4) is 0 Å². The van der Waals surface area contributed by atoms with Crippen molar-refractivity contribution in [2.75, 3.05) is 0 Å². The maximum absolute atomic E-state index is 2.47. The lowest BCUT2D eigenvalue weighted by Gasteiger charge is -2.39. The molecule has 0 nitrogen and oxygen atoms in total. The van der Waals surface area contributed by atoms with Gasteiger partial charge in [0.25, 0.3) is 0 Å². The van der Waals surface area contributed by atoms with Gasteiger partial charge < -0.3 is 0 Å². The zero-order chi connectivity index (χ0) is 9.57. The van der Waals surface area contributed by atoms with Crippen LogP contribution in [0.5, 0.6) is 0 Å². The Morgan fingerprint density at radius 1 is 1.08 bits per heavy atom. The van der Waals surface area contributed by atoms with E-state index in [1.165, 1.54) is 12.8 Å². The Morgan fingerprint density at radius 3 is 1.58 bits per heavy atom. The molecule has 2 unspecified atom stereocenters. The van der Waals surface area contributed by atoms with Gasteiger partial charge in [0.1, 0.15) is 7.85 Å². The summed E-state index contributed by atoms with van der Waals surface area (Å²) in [7, 11) is 2.47. The molecule has 0 spiro atoms. The highest BCUT2D eigenvalue weighted by molar-refractivity contribution is 6.16. The second-order valence-corrected chi connectivity index (χ2v) is 6.17. The van der Waals surface area contributed by atoms with Crippen molar-refractivity contribution in [2.24, 2.45) is 17.3 Å². The molecule has 0 N–H and O–H groups in total. The average molecular weight is 166 g/mol. The molecule has 1 aliphatic carbocycles. The summed E-state index contributed by atoms with van der Waals surface area (Å²) < 4.78 is 0. The second kappa shape index (κ2) is 2.78. The summed E-state index contributed by atoms with van der Waals surface area (Å²) in [5.41, 5.74) is 0.478. The van der Waals surface area contributed by atoms with E-state index in [4.69, 9.17) is 0 Å². The van der Waals surface area contributed by atoms with E-state index in [-0.39, 0.29) is 0 Å². The van der Waals surface area contributed by atoms with Crippen LogP contribution in [0.2, 0.25) is 5.31 Å². The van der Waals surface area contributed by atoms with Gasteiger partial charge in [0.15, 0.2) is 0 Å². The van der Waals surface area contributed by atoms with Crippen LogP contribution in [0, 0.1) is 17.3 Å². The molecule has 1 saturated carbocycles. The van der Waals surface area contributed by atoms with Gasteiger partial charge in [0, 0.05) is 0 Å². The van der Waals surface area contributed by atoms with Gasteiger partial charge in [-0.1, -0.05) is 52.8 Å². The van der Waals surface area contributed by atoms with E-state index in [1.807, 2.05) is 0 Å². The predicted octanol–water partition coefficient (Wildman–Crippen LogP) is 2.89. The molecule has 12 heavy (non-hydrogen) atoms. The minimum atomic E-state index is 0.478. The van der Waals surface area contributed by atoms with E-state index in [9.17, 15) is 0 Å². The van der Waals surface area contributed by atoms with Crippen molar-refractivity contribution in [1.29, 1.82) is 0 Å². The van der Waals surface area contributed by atoms with Crippen LogP contribution in [0.25, 0.3) is 0 Å². The van der Waals surface area contributed by atoms with Crippen molar-refractivity contribution in [3.05, 3.63) is 0 Å². The highest BCUT2D eigenvalue weighted by Crippen LogP contribution is 2.58. The molecular weight excluding hydrogens is 143 g/mol. The van der Waals surface area contributed by atoms with E-state index in [0.29, 0.717) is 10.7 Å². The molecule has 0 saturated heterocycles. The quantitative estimate of drug-likeness (QED) is 0.485. The summed E-state index contributed by atoms with van der Waals surface area (Å²) in [6.45, 7) is 12.0. The first kappa shape index (κ1) is 10.1. The van der Waals surface area contributed by atoms with Crippen LogP contribution in [-0.2, 0) is 0 Å². The highest BCUT2D eigenvalue weighted by Gasteiger charge is 2.44. The van der Waals surface area contributed by atoms with Gasteiger partial charge in [-0.05, 0) is 17.3 Å². The molecule has 0 aliphatic heterocycles. The molecule has 0 bridgehead atoms. The van der Waals surface area contributed by atoms with Crippen molar-refractivity contribution in [1.82, 2.24) is 0 Å². The van der Waals surface area contributed by atoms with Gasteiger partial charge in [0.2, 0.25) is 0 Å². The lowest BCUT2D eigenvalue weighted by atomic mass is 9.53. The molecule has 1 heteroatoms. The van der Waals surface area contributed by atoms with Crippen molar-refractivity contribution >= 4 is 7.85 Å². The largest absolute Gasteiger partial charge is 0.110 e. The molecule has 0 aromatic carbocycles. The Hall–Kier alpha value is 0.0649. The van der Waals surface area contributed by atoms with E-state index in [2.05, 4.69) is 42.5 Å². The van der Waals surface area contributed by atoms with Crippen LogP contribution >= 0.6 is 0 Å². The Labute approximate surface area is 78.5 Å². The summed E-state index contributed by atoms with van der Waals surface area (Å²) in [6.07, 6.45) is 2.83. The lowest BCUT2D eigenvalue weighted by molar-refractivity contribution is 0.258. The van der Waals surface area contributed by atoms with Gasteiger partial charge in [0.05, 0.1) is 0 Å². The molecule has 1 rings (SSSR count). The van der Waals surface area contributed by atoms with Gasteiger partial charge in [-0.15, -0.1) is 0 Å². The van der Waals surface area contributed by atoms with Gasteiger partial charge in [-0.25, -0.2) is 0 Å². The van der Waals surface area contributed by atoms with Crippen LogP contribution in [0.15, 0.2) is 0 Å². The third-order valence-corrected chi connectivity index (χ3v) is 4.33. The fourth-order valence-corrected chi connectivity index (χ4v) is 2.52. The van der Waals surface area contributed by atoms with Crippen molar-refractivity contribution in [3.63, 3.8) is 0 Å². The smallest absolute Gasteiger partial charge is 0.0623 e.